The maximum atomic E-state index is 12.8. The molecule has 1 saturated carbocycles. The molecule has 1 aromatic rings. The van der Waals surface area contributed by atoms with Crippen LogP contribution in [0.4, 0.5) is 0 Å². The van der Waals surface area contributed by atoms with E-state index in [4.69, 9.17) is 0 Å². The van der Waals surface area contributed by atoms with E-state index < -0.39 is 0 Å². The van der Waals surface area contributed by atoms with Gasteiger partial charge in [0.1, 0.15) is 0 Å². The largest absolute Gasteiger partial charge is 0.391 e. The van der Waals surface area contributed by atoms with Gasteiger partial charge in [0.2, 0.25) is 5.91 Å². The Morgan fingerprint density at radius 2 is 1.96 bits per heavy atom. The Morgan fingerprint density at radius 3 is 2.73 bits per heavy atom. The molecule has 2 saturated heterocycles. The van der Waals surface area contributed by atoms with E-state index in [1.807, 2.05) is 21.8 Å². The Morgan fingerprint density at radius 1 is 1.15 bits per heavy atom. The zero-order valence-corrected chi connectivity index (χ0v) is 15.7. The van der Waals surface area contributed by atoms with Gasteiger partial charge < -0.3 is 14.9 Å². The van der Waals surface area contributed by atoms with Crippen LogP contribution in [0, 0.1) is 11.8 Å². The van der Waals surface area contributed by atoms with E-state index in [2.05, 4.69) is 21.9 Å². The first-order valence-corrected chi connectivity index (χ1v) is 9.96. The summed E-state index contributed by atoms with van der Waals surface area (Å²) < 4.78 is 1.89. The fraction of sp³-hybridized carbons (Fsp3) is 0.789. The normalized spacial score (nSPS) is 33.8. The molecule has 0 bridgehead atoms. The first kappa shape index (κ1) is 17.9. The Balaban J connectivity index is 1.33. The highest BCUT2D eigenvalue weighted by atomic mass is 16.3. The smallest absolute Gasteiger partial charge is 0.236 e. The molecule has 0 unspecified atom stereocenters. The number of likely N-dealkylation sites (N-methyl/N-ethyl adjacent to an activating group) is 1. The number of aromatic nitrogens is 2. The van der Waals surface area contributed by atoms with E-state index in [9.17, 15) is 9.90 Å². The monoisotopic (exact) mass is 361 g/mol. The summed E-state index contributed by atoms with van der Waals surface area (Å²) in [6.07, 6.45) is 6.14. The van der Waals surface area contributed by atoms with Gasteiger partial charge in [-0.1, -0.05) is 0 Å². The highest BCUT2D eigenvalue weighted by molar-refractivity contribution is 5.78. The van der Waals surface area contributed by atoms with Gasteiger partial charge in [-0.3, -0.25) is 14.4 Å². The van der Waals surface area contributed by atoms with Crippen molar-refractivity contribution in [3.8, 4) is 0 Å². The average Bonchev–Trinajstić information content (AvgIpc) is 3.23. The van der Waals surface area contributed by atoms with Crippen LogP contribution in [0.15, 0.2) is 18.5 Å². The van der Waals surface area contributed by atoms with Crippen molar-refractivity contribution < 1.29 is 9.90 Å². The van der Waals surface area contributed by atoms with Gasteiger partial charge in [-0.25, -0.2) is 0 Å². The number of carbonyl (C=O) groups is 1. The quantitative estimate of drug-likeness (QED) is 0.838. The molecule has 7 heteroatoms. The lowest BCUT2D eigenvalue weighted by molar-refractivity contribution is -0.131. The Hall–Kier alpha value is -1.44. The predicted octanol–water partition coefficient (Wildman–Crippen LogP) is 0.291. The van der Waals surface area contributed by atoms with Gasteiger partial charge >= 0.3 is 0 Å². The summed E-state index contributed by atoms with van der Waals surface area (Å²) in [4.78, 5) is 19.5. The van der Waals surface area contributed by atoms with Crippen LogP contribution in [-0.4, -0.2) is 94.5 Å². The second kappa shape index (κ2) is 7.66. The van der Waals surface area contributed by atoms with Gasteiger partial charge in [0.05, 0.1) is 18.7 Å². The summed E-state index contributed by atoms with van der Waals surface area (Å²) in [5.41, 5.74) is 0. The third-order valence-corrected chi connectivity index (χ3v) is 6.50. The molecule has 4 atom stereocenters. The minimum absolute atomic E-state index is 0.0439. The fourth-order valence-electron chi connectivity index (χ4n) is 4.92. The molecule has 4 rings (SSSR count). The van der Waals surface area contributed by atoms with Crippen LogP contribution < -0.4 is 0 Å². The Kier molecular flexibility index (Phi) is 5.29. The zero-order valence-electron chi connectivity index (χ0n) is 15.7. The molecule has 26 heavy (non-hydrogen) atoms. The van der Waals surface area contributed by atoms with Crippen molar-refractivity contribution in [2.75, 3.05) is 52.9 Å². The van der Waals surface area contributed by atoms with Crippen molar-refractivity contribution >= 4 is 5.91 Å². The van der Waals surface area contributed by atoms with Crippen molar-refractivity contribution in [2.24, 2.45) is 11.8 Å². The summed E-state index contributed by atoms with van der Waals surface area (Å²) in [6.45, 7) is 6.32. The van der Waals surface area contributed by atoms with Crippen LogP contribution in [0.3, 0.4) is 0 Å². The topological polar surface area (TPSA) is 64.8 Å². The van der Waals surface area contributed by atoms with Gasteiger partial charge in [0.15, 0.2) is 0 Å². The molecule has 0 spiro atoms. The summed E-state index contributed by atoms with van der Waals surface area (Å²) in [6, 6.07) is 1.95. The van der Waals surface area contributed by atoms with E-state index >= 15 is 0 Å². The first-order chi connectivity index (χ1) is 12.6. The van der Waals surface area contributed by atoms with Crippen molar-refractivity contribution in [3.05, 3.63) is 18.5 Å². The number of aliphatic hydroxyl groups is 1. The number of aliphatic hydroxyl groups excluding tert-OH is 1. The van der Waals surface area contributed by atoms with Crippen molar-refractivity contribution in [1.29, 1.82) is 0 Å². The van der Waals surface area contributed by atoms with Gasteiger partial charge in [0.25, 0.3) is 0 Å². The predicted molar refractivity (Wildman–Crippen MR) is 98.6 cm³/mol. The first-order valence-electron chi connectivity index (χ1n) is 9.96. The molecular formula is C19H31N5O2. The van der Waals surface area contributed by atoms with Crippen molar-refractivity contribution in [3.63, 3.8) is 0 Å². The maximum Gasteiger partial charge on any atom is 0.236 e. The lowest BCUT2D eigenvalue weighted by Gasteiger charge is -2.35. The number of amides is 1. The molecule has 2 aliphatic heterocycles. The van der Waals surface area contributed by atoms with Crippen LogP contribution in [0.2, 0.25) is 0 Å². The van der Waals surface area contributed by atoms with E-state index in [0.29, 0.717) is 18.4 Å². The SMILES string of the molecule is CN1CCCN(CC(=O)N2C[C@H]3C[C@@H](n4cccn4)[C@H](O)C[C@H]3C2)CC1. The van der Waals surface area contributed by atoms with E-state index in [1.54, 1.807) is 6.20 Å². The molecule has 0 radical (unpaired) electrons. The molecule has 3 aliphatic rings. The van der Waals surface area contributed by atoms with Crippen LogP contribution in [0.5, 0.6) is 0 Å². The van der Waals surface area contributed by atoms with Crippen LogP contribution in [0.1, 0.15) is 25.3 Å². The van der Waals surface area contributed by atoms with Gasteiger partial charge in [-0.15, -0.1) is 0 Å². The molecular weight excluding hydrogens is 330 g/mol. The Labute approximate surface area is 155 Å². The standard InChI is InChI=1S/C19H31N5O2/c1-21-5-3-6-22(9-8-21)14-19(26)23-12-15-10-17(24-7-2-4-20-24)18(25)11-16(15)13-23/h2,4,7,15-18,25H,3,5-6,8-14H2,1H3/t15-,16+,17-,18-/m1/s1. The minimum atomic E-state index is -0.368. The summed E-state index contributed by atoms with van der Waals surface area (Å²) in [7, 11) is 2.15. The molecule has 1 aromatic heterocycles. The zero-order chi connectivity index (χ0) is 18.1. The van der Waals surface area contributed by atoms with Crippen LogP contribution >= 0.6 is 0 Å². The third kappa shape index (κ3) is 3.80. The van der Waals surface area contributed by atoms with Crippen LogP contribution in [-0.2, 0) is 4.79 Å². The molecule has 3 heterocycles. The molecule has 0 aromatic carbocycles. The number of rotatable bonds is 3. The summed E-state index contributed by atoms with van der Waals surface area (Å²) in [5.74, 6) is 1.16. The minimum Gasteiger partial charge on any atom is -0.391 e. The number of fused-ring (bicyclic) bond motifs is 1. The Bertz CT molecular complexity index is 607. The lowest BCUT2D eigenvalue weighted by Crippen LogP contribution is -2.40. The molecule has 3 fully saturated rings. The van der Waals surface area contributed by atoms with E-state index in [1.165, 1.54) is 0 Å². The van der Waals surface area contributed by atoms with E-state index in [0.717, 1.165) is 58.5 Å². The van der Waals surface area contributed by atoms with Crippen molar-refractivity contribution in [2.45, 2.75) is 31.4 Å². The molecule has 7 nitrogen and oxygen atoms in total. The molecule has 1 amide bonds. The average molecular weight is 361 g/mol. The van der Waals surface area contributed by atoms with Crippen molar-refractivity contribution in [1.82, 2.24) is 24.5 Å². The maximum absolute atomic E-state index is 12.8. The number of nitrogens with zero attached hydrogens (tertiary/aromatic N) is 5. The second-order valence-corrected chi connectivity index (χ2v) is 8.34. The van der Waals surface area contributed by atoms with Gasteiger partial charge in [0, 0.05) is 38.6 Å². The summed E-state index contributed by atoms with van der Waals surface area (Å²) in [5, 5.41) is 14.9. The highest BCUT2D eigenvalue weighted by Crippen LogP contribution is 2.41. The molecule has 1 aliphatic carbocycles. The molecule has 144 valence electrons. The third-order valence-electron chi connectivity index (χ3n) is 6.50. The lowest BCUT2D eigenvalue weighted by atomic mass is 9.77. The second-order valence-electron chi connectivity index (χ2n) is 8.34. The molecule has 1 N–H and O–H groups in total. The van der Waals surface area contributed by atoms with Gasteiger partial charge in [-0.05, 0) is 57.3 Å². The van der Waals surface area contributed by atoms with E-state index in [-0.39, 0.29) is 18.1 Å². The highest BCUT2D eigenvalue weighted by Gasteiger charge is 2.43. The van der Waals surface area contributed by atoms with Crippen LogP contribution in [0.25, 0.3) is 0 Å². The fourth-order valence-corrected chi connectivity index (χ4v) is 4.92. The number of hydrogen-bond donors (Lipinski definition) is 1. The number of hydrogen-bond acceptors (Lipinski definition) is 5. The summed E-state index contributed by atoms with van der Waals surface area (Å²) >= 11 is 0. The number of carbonyl (C=O) groups excluding carboxylic acids is 1. The number of likely N-dealkylation sites (tertiary alicyclic amines) is 1. The van der Waals surface area contributed by atoms with Gasteiger partial charge in [-0.2, -0.15) is 5.10 Å².